The Morgan fingerprint density at radius 3 is 2.53 bits per heavy atom. The quantitative estimate of drug-likeness (QED) is 0.860. The van der Waals surface area contributed by atoms with Gasteiger partial charge in [0.25, 0.3) is 0 Å². The van der Waals surface area contributed by atoms with Gasteiger partial charge in [-0.1, -0.05) is 41.9 Å². The van der Waals surface area contributed by atoms with E-state index in [9.17, 15) is 8.42 Å². The molecular weight excluding hydrogens is 326 g/mol. The maximum Gasteiger partial charge on any atom is 0.148 e. The fourth-order valence-electron chi connectivity index (χ4n) is 1.95. The van der Waals surface area contributed by atoms with Crippen molar-refractivity contribution in [2.75, 3.05) is 18.6 Å². The summed E-state index contributed by atoms with van der Waals surface area (Å²) in [7, 11) is -2.93. The maximum absolute atomic E-state index is 11.2. The monoisotopic (exact) mass is 347 g/mol. The Morgan fingerprint density at radius 1 is 1.37 bits per heavy atom. The van der Waals surface area contributed by atoms with Crippen molar-refractivity contribution in [3.8, 4) is 0 Å². The van der Waals surface area contributed by atoms with Gasteiger partial charge >= 0.3 is 0 Å². The Balaban J connectivity index is 2.65. The molecule has 0 aromatic heterocycles. The number of sulfone groups is 1. The minimum Gasteiger partial charge on any atom is -0.312 e. The minimum atomic E-state index is -2.93. The van der Waals surface area contributed by atoms with E-state index < -0.39 is 9.84 Å². The molecule has 1 unspecified atom stereocenters. The molecule has 1 aromatic carbocycles. The van der Waals surface area contributed by atoms with E-state index >= 15 is 0 Å². The predicted molar refractivity (Wildman–Crippen MR) is 84.3 cm³/mol. The highest BCUT2D eigenvalue weighted by Gasteiger charge is 2.22. The third-order valence-corrected chi connectivity index (χ3v) is 4.65. The molecule has 0 radical (unpaired) electrons. The summed E-state index contributed by atoms with van der Waals surface area (Å²) in [4.78, 5) is 0. The Bertz CT molecular complexity index is 526. The molecule has 0 aliphatic carbocycles. The lowest BCUT2D eigenvalue weighted by Gasteiger charge is -2.28. The zero-order valence-electron chi connectivity index (χ0n) is 11.9. The Kier molecular flexibility index (Phi) is 5.59. The lowest BCUT2D eigenvalue weighted by atomic mass is 9.84. The van der Waals surface area contributed by atoms with Crippen molar-refractivity contribution in [1.82, 2.24) is 5.32 Å². The normalized spacial score (nSPS) is 14.4. The van der Waals surface area contributed by atoms with Gasteiger partial charge in [0.05, 0.1) is 5.75 Å². The average Bonchev–Trinajstić information content (AvgIpc) is 2.24. The minimum absolute atomic E-state index is 0.0403. The zero-order chi connectivity index (χ0) is 14.7. The van der Waals surface area contributed by atoms with Crippen molar-refractivity contribution in [1.29, 1.82) is 0 Å². The second-order valence-electron chi connectivity index (χ2n) is 5.77. The lowest BCUT2D eigenvalue weighted by molar-refractivity contribution is 0.440. The highest BCUT2D eigenvalue weighted by Crippen LogP contribution is 2.25. The van der Waals surface area contributed by atoms with Crippen molar-refractivity contribution in [2.45, 2.75) is 32.2 Å². The molecule has 0 saturated heterocycles. The maximum atomic E-state index is 11.2. The van der Waals surface area contributed by atoms with Gasteiger partial charge in [0, 0.05) is 28.7 Å². The molecule has 0 saturated carbocycles. The molecule has 0 aliphatic heterocycles. The summed E-state index contributed by atoms with van der Waals surface area (Å²) in [6.45, 7) is 6.93. The van der Waals surface area contributed by atoms with Gasteiger partial charge in [-0.2, -0.15) is 0 Å². The van der Waals surface area contributed by atoms with Crippen molar-refractivity contribution < 1.29 is 8.42 Å². The van der Waals surface area contributed by atoms with E-state index in [1.165, 1.54) is 11.8 Å². The fourth-order valence-corrected chi connectivity index (χ4v) is 3.38. The number of hydrogen-bond acceptors (Lipinski definition) is 3. The van der Waals surface area contributed by atoms with Crippen LogP contribution in [0.5, 0.6) is 0 Å². The van der Waals surface area contributed by atoms with E-state index in [2.05, 4.69) is 47.2 Å². The fraction of sp³-hybridized carbons (Fsp3) is 0.571. The summed E-state index contributed by atoms with van der Waals surface area (Å²) in [5, 5.41) is 3.30. The van der Waals surface area contributed by atoms with E-state index in [0.717, 1.165) is 11.0 Å². The number of hydrogen-bond donors (Lipinski definition) is 1. The van der Waals surface area contributed by atoms with Gasteiger partial charge in [0.1, 0.15) is 9.84 Å². The molecule has 1 N–H and O–H groups in total. The van der Waals surface area contributed by atoms with Gasteiger partial charge in [-0.3, -0.25) is 0 Å². The summed E-state index contributed by atoms with van der Waals surface area (Å²) in [5.41, 5.74) is 1.18. The summed E-state index contributed by atoms with van der Waals surface area (Å²) in [6.07, 6.45) is 1.27. The predicted octanol–water partition coefficient (Wildman–Crippen LogP) is 2.75. The van der Waals surface area contributed by atoms with Gasteiger partial charge in [-0.25, -0.2) is 8.42 Å². The van der Waals surface area contributed by atoms with Crippen LogP contribution >= 0.6 is 15.9 Å². The van der Waals surface area contributed by atoms with E-state index in [4.69, 9.17) is 0 Å². The second-order valence-corrected chi connectivity index (χ2v) is 8.87. The first kappa shape index (κ1) is 16.7. The Labute approximate surface area is 124 Å². The molecule has 108 valence electrons. The molecule has 1 aromatic rings. The van der Waals surface area contributed by atoms with Gasteiger partial charge in [0.2, 0.25) is 0 Å². The number of nitrogens with one attached hydrogen (secondary N) is 1. The van der Waals surface area contributed by atoms with E-state index in [-0.39, 0.29) is 17.2 Å². The third kappa shape index (κ3) is 6.06. The first-order chi connectivity index (χ1) is 8.60. The molecule has 1 atom stereocenters. The van der Waals surface area contributed by atoms with Crippen molar-refractivity contribution >= 4 is 25.8 Å². The van der Waals surface area contributed by atoms with Crippen molar-refractivity contribution in [3.05, 3.63) is 34.3 Å². The highest BCUT2D eigenvalue weighted by molar-refractivity contribution is 9.10. The third-order valence-electron chi connectivity index (χ3n) is 3.05. The van der Waals surface area contributed by atoms with E-state index in [1.54, 1.807) is 0 Å². The van der Waals surface area contributed by atoms with Gasteiger partial charge < -0.3 is 5.32 Å². The van der Waals surface area contributed by atoms with Gasteiger partial charge in [0.15, 0.2) is 0 Å². The van der Waals surface area contributed by atoms with Crippen LogP contribution in [-0.4, -0.2) is 33.0 Å². The topological polar surface area (TPSA) is 46.2 Å². The molecular formula is C14H22BrNO2S. The number of rotatable bonds is 6. The van der Waals surface area contributed by atoms with E-state index in [1.807, 2.05) is 19.1 Å². The molecule has 0 heterocycles. The average molecular weight is 348 g/mol. The first-order valence-corrected chi connectivity index (χ1v) is 9.13. The lowest BCUT2D eigenvalue weighted by Crippen LogP contribution is -2.40. The molecule has 1 rings (SSSR count). The molecule has 0 aliphatic rings. The zero-order valence-corrected chi connectivity index (χ0v) is 14.3. The smallest absolute Gasteiger partial charge is 0.148 e. The van der Waals surface area contributed by atoms with Crippen LogP contribution in [0, 0.1) is 0 Å². The van der Waals surface area contributed by atoms with Gasteiger partial charge in [-0.15, -0.1) is 0 Å². The molecule has 0 spiro atoms. The highest BCUT2D eigenvalue weighted by atomic mass is 79.9. The molecule has 0 fully saturated rings. The Morgan fingerprint density at radius 2 is 2.00 bits per heavy atom. The molecule has 5 heteroatoms. The SMILES string of the molecule is CC(CS(C)(=O)=O)NCC(C)(C)c1cccc(Br)c1. The summed E-state index contributed by atoms with van der Waals surface area (Å²) in [6, 6.07) is 8.16. The summed E-state index contributed by atoms with van der Waals surface area (Å²) in [5.74, 6) is 0.168. The standard InChI is InChI=1S/C14H22BrNO2S/c1-11(9-19(4,17)18)16-10-14(2,3)12-6-5-7-13(15)8-12/h5-8,11,16H,9-10H2,1-4H3. The number of benzene rings is 1. The van der Waals surface area contributed by atoms with Crippen LogP contribution in [0.25, 0.3) is 0 Å². The molecule has 0 bridgehead atoms. The van der Waals surface area contributed by atoms with Crippen LogP contribution in [0.3, 0.4) is 0 Å². The van der Waals surface area contributed by atoms with Crippen LogP contribution in [0.4, 0.5) is 0 Å². The van der Waals surface area contributed by atoms with Crippen molar-refractivity contribution in [2.24, 2.45) is 0 Å². The van der Waals surface area contributed by atoms with Crippen LogP contribution in [0.1, 0.15) is 26.3 Å². The summed E-state index contributed by atoms with van der Waals surface area (Å²) >= 11 is 3.47. The van der Waals surface area contributed by atoms with Crippen LogP contribution in [-0.2, 0) is 15.3 Å². The molecule has 19 heavy (non-hydrogen) atoms. The first-order valence-electron chi connectivity index (χ1n) is 6.27. The Hall–Kier alpha value is -0.390. The van der Waals surface area contributed by atoms with Crippen LogP contribution in [0.15, 0.2) is 28.7 Å². The van der Waals surface area contributed by atoms with E-state index in [0.29, 0.717) is 0 Å². The van der Waals surface area contributed by atoms with Crippen LogP contribution in [0.2, 0.25) is 0 Å². The van der Waals surface area contributed by atoms with Gasteiger partial charge in [-0.05, 0) is 24.6 Å². The largest absolute Gasteiger partial charge is 0.312 e. The molecule has 3 nitrogen and oxygen atoms in total. The van der Waals surface area contributed by atoms with Crippen molar-refractivity contribution in [3.63, 3.8) is 0 Å². The molecule has 0 amide bonds. The number of halogens is 1. The van der Waals surface area contributed by atoms with Crippen LogP contribution < -0.4 is 5.32 Å². The summed E-state index contributed by atoms with van der Waals surface area (Å²) < 4.78 is 23.5. The second kappa shape index (κ2) is 6.37.